The second-order valence-electron chi connectivity index (χ2n) is 12.1. The van der Waals surface area contributed by atoms with E-state index in [4.69, 9.17) is 22.9 Å². The fourth-order valence-corrected chi connectivity index (χ4v) is 8.20. The third-order valence-electron chi connectivity index (χ3n) is 9.48. The van der Waals surface area contributed by atoms with Gasteiger partial charge < -0.3 is 48.7 Å². The van der Waals surface area contributed by atoms with E-state index in [1.807, 2.05) is 36.4 Å². The van der Waals surface area contributed by atoms with Gasteiger partial charge in [-0.05, 0) is 43.4 Å². The summed E-state index contributed by atoms with van der Waals surface area (Å²) in [5.74, 6) is -6.94. The van der Waals surface area contributed by atoms with Crippen LogP contribution in [0.2, 0.25) is 0 Å². The first-order valence-corrected chi connectivity index (χ1v) is 15.1. The largest absolute Gasteiger partial charge is 0.509 e. The lowest BCUT2D eigenvalue weighted by Crippen LogP contribution is -2.87. The van der Waals surface area contributed by atoms with Gasteiger partial charge in [0.2, 0.25) is 0 Å². The first kappa shape index (κ1) is 31.9. The van der Waals surface area contributed by atoms with E-state index < -0.39 is 80.6 Å². The number of ketones is 2. The van der Waals surface area contributed by atoms with E-state index >= 15 is 0 Å². The first-order chi connectivity index (χ1) is 22.1. The van der Waals surface area contributed by atoms with Crippen molar-refractivity contribution in [3.8, 4) is 22.3 Å². The zero-order chi connectivity index (χ0) is 34.4. The molecule has 14 nitrogen and oxygen atoms in total. The Bertz CT molecular complexity index is 2000. The number of thiophene rings is 1. The minimum absolute atomic E-state index is 0.00832. The van der Waals surface area contributed by atoms with Crippen LogP contribution in [0, 0.1) is 16.7 Å². The Balaban J connectivity index is 1.56. The number of hydrogen-bond acceptors (Lipinski definition) is 14. The third kappa shape index (κ3) is 3.85. The summed E-state index contributed by atoms with van der Waals surface area (Å²) < 4.78 is 0. The molecule has 0 saturated heterocycles. The number of nitrogens with zero attached hydrogens (tertiary/aromatic N) is 2. The number of Topliss-reactive ketones (excluding diaryl/α,β-unsaturated/α-hetero) is 2. The summed E-state index contributed by atoms with van der Waals surface area (Å²) in [6, 6.07) is 14.4. The third-order valence-corrected chi connectivity index (χ3v) is 10.5. The maximum Gasteiger partial charge on any atom is 0.255 e. The van der Waals surface area contributed by atoms with E-state index in [9.17, 15) is 40.1 Å². The van der Waals surface area contributed by atoms with Gasteiger partial charge in [-0.25, -0.2) is 0 Å². The van der Waals surface area contributed by atoms with E-state index in [0.717, 1.165) is 15.3 Å². The molecular formula is C32H31N7O7S. The highest BCUT2D eigenvalue weighted by Crippen LogP contribution is 2.60. The van der Waals surface area contributed by atoms with Crippen LogP contribution in [0.5, 0.6) is 5.75 Å². The van der Waals surface area contributed by atoms with Crippen molar-refractivity contribution in [1.29, 1.82) is 5.26 Å². The second-order valence-corrected chi connectivity index (χ2v) is 13.1. The summed E-state index contributed by atoms with van der Waals surface area (Å²) in [5, 5.41) is 60.9. The topological polar surface area (TPSA) is 275 Å². The molecule has 0 radical (unpaired) electrons. The smallest absolute Gasteiger partial charge is 0.255 e. The lowest BCUT2D eigenvalue weighted by molar-refractivity contribution is -0.153. The van der Waals surface area contributed by atoms with Crippen LogP contribution in [0.1, 0.15) is 17.2 Å². The average Bonchev–Trinajstić information content (AvgIpc) is 3.49. The molecule has 13 N–H and O–H groups in total. The number of aromatic hydroxyl groups is 1. The minimum Gasteiger partial charge on any atom is -0.509 e. The maximum absolute atomic E-state index is 14.6. The number of anilines is 2. The Morgan fingerprint density at radius 1 is 1.04 bits per heavy atom. The van der Waals surface area contributed by atoms with Gasteiger partial charge in [-0.3, -0.25) is 19.3 Å². The number of likely N-dealkylation sites (N-methyl/N-ethyl adjacent to an activating group) is 1. The molecule has 6 rings (SSSR count). The van der Waals surface area contributed by atoms with Crippen LogP contribution >= 0.6 is 11.3 Å². The van der Waals surface area contributed by atoms with Crippen LogP contribution in [0.15, 0.2) is 71.5 Å². The first-order valence-electron chi connectivity index (χ1n) is 14.2. The summed E-state index contributed by atoms with van der Waals surface area (Å²) in [6.07, 6.45) is -2.29. The van der Waals surface area contributed by atoms with Crippen LogP contribution in [-0.2, 0) is 14.4 Å². The van der Waals surface area contributed by atoms with Gasteiger partial charge in [0.25, 0.3) is 5.91 Å². The number of phenols is 1. The number of aliphatic hydroxyl groups is 3. The number of primary amides is 1. The normalized spacial score (nSPS) is 30.0. The quantitative estimate of drug-likeness (QED) is 0.136. The molecule has 1 amide bonds. The van der Waals surface area contributed by atoms with Crippen molar-refractivity contribution >= 4 is 45.3 Å². The molecule has 0 unspecified atom stereocenters. The predicted octanol–water partition coefficient (Wildman–Crippen LogP) is 0.806. The number of rotatable bonds is 5. The molecule has 1 fully saturated rings. The Hall–Kier alpha value is -5.08. The number of fused-ring (bicyclic) bond motifs is 3. The monoisotopic (exact) mass is 657 g/mol. The molecule has 3 aliphatic rings. The predicted molar refractivity (Wildman–Crippen MR) is 172 cm³/mol. The van der Waals surface area contributed by atoms with Crippen LogP contribution in [-0.4, -0.2) is 80.1 Å². The highest BCUT2D eigenvalue weighted by atomic mass is 32.1. The van der Waals surface area contributed by atoms with Gasteiger partial charge in [-0.15, -0.1) is 11.3 Å². The summed E-state index contributed by atoms with van der Waals surface area (Å²) in [6.45, 7) is 0. The molecule has 0 spiro atoms. The fraction of sp³-hybridized carbons (Fsp3) is 0.250. The number of nitrogens with two attached hydrogens (primary N) is 4. The highest BCUT2D eigenvalue weighted by molar-refractivity contribution is 7.19. The number of amides is 1. The Morgan fingerprint density at radius 3 is 2.30 bits per heavy atom. The number of aliphatic hydroxyl groups excluding tert-OH is 3. The molecule has 0 bridgehead atoms. The van der Waals surface area contributed by atoms with E-state index in [2.05, 4.69) is 5.32 Å². The summed E-state index contributed by atoms with van der Waals surface area (Å²) in [7, 11) is 2.67. The van der Waals surface area contributed by atoms with Crippen molar-refractivity contribution < 1.29 is 34.8 Å². The standard InChI is InChI=1S/C32H31N7O7S/c1-39(2)25-23(42)19(28(35)45)26(43)30(12-33)27(44)20-22(41)18-14(24(34)31(20,36)29(46)32(25,30)37)8-9-15(21(18)40)38-17-11-10-16(47-17)13-6-4-3-5-7-13/h3-11,24-25,29,38,40-41,43,46H,34,36-37H2,1-2H3,(H2,35,45)/t24-,25+,29-,30-,31+,32-/m0/s1. The van der Waals surface area contributed by atoms with Gasteiger partial charge in [0.05, 0.1) is 45.5 Å². The molecule has 1 heterocycles. The molecule has 1 saturated carbocycles. The number of hydrogen-bond donors (Lipinski definition) is 9. The SMILES string of the molecule is CN(C)[C@@H]1C(=O)C(C(N)=O)=C(O)[C@@]2(C#N)C(=O)C3=C(O)c4c(ccc(Nc5ccc(-c6ccccc6)s5)c4O)[C@H](N)[C@@]3(N)[C@H](O)[C@@]12N. The number of nitriles is 1. The zero-order valence-corrected chi connectivity index (χ0v) is 25.9. The van der Waals surface area contributed by atoms with Crippen LogP contribution < -0.4 is 28.3 Å². The van der Waals surface area contributed by atoms with Gasteiger partial charge in [-0.1, -0.05) is 36.4 Å². The molecule has 242 valence electrons. The molecule has 0 aliphatic heterocycles. The van der Waals surface area contributed by atoms with Crippen molar-refractivity contribution in [1.82, 2.24) is 4.90 Å². The van der Waals surface area contributed by atoms with Gasteiger partial charge in [-0.2, -0.15) is 5.26 Å². The number of carbonyl (C=O) groups is 3. The Labute approximate surface area is 271 Å². The average molecular weight is 658 g/mol. The van der Waals surface area contributed by atoms with Crippen molar-refractivity contribution in [3.05, 3.63) is 82.6 Å². The maximum atomic E-state index is 14.6. The van der Waals surface area contributed by atoms with E-state index in [1.54, 1.807) is 12.1 Å². The van der Waals surface area contributed by atoms with Gasteiger partial charge in [0.1, 0.15) is 34.5 Å². The second kappa shape index (κ2) is 10.5. The summed E-state index contributed by atoms with van der Waals surface area (Å²) in [5.41, 5.74) is 16.1. The molecule has 3 aromatic rings. The number of phenolic OH excluding ortho intramolecular Hbond substituents is 1. The van der Waals surface area contributed by atoms with Crippen molar-refractivity contribution in [2.45, 2.75) is 29.3 Å². The van der Waals surface area contributed by atoms with E-state index in [-0.39, 0.29) is 16.8 Å². The number of benzene rings is 2. The summed E-state index contributed by atoms with van der Waals surface area (Å²) in [4.78, 5) is 42.7. The van der Waals surface area contributed by atoms with Crippen LogP contribution in [0.25, 0.3) is 16.2 Å². The molecule has 47 heavy (non-hydrogen) atoms. The van der Waals surface area contributed by atoms with Gasteiger partial charge >= 0.3 is 0 Å². The van der Waals surface area contributed by atoms with Crippen molar-refractivity contribution in [3.63, 3.8) is 0 Å². The fourth-order valence-electron chi connectivity index (χ4n) is 7.27. The lowest BCUT2D eigenvalue weighted by atomic mass is 9.45. The van der Waals surface area contributed by atoms with Crippen LogP contribution in [0.3, 0.4) is 0 Å². The zero-order valence-electron chi connectivity index (χ0n) is 25.1. The van der Waals surface area contributed by atoms with Crippen LogP contribution in [0.4, 0.5) is 10.7 Å². The van der Waals surface area contributed by atoms with Crippen molar-refractivity contribution in [2.75, 3.05) is 19.4 Å². The molecule has 1 aromatic heterocycles. The van der Waals surface area contributed by atoms with Crippen molar-refractivity contribution in [2.24, 2.45) is 28.3 Å². The molecular weight excluding hydrogens is 626 g/mol. The highest BCUT2D eigenvalue weighted by Gasteiger charge is 2.79. The molecule has 15 heteroatoms. The lowest BCUT2D eigenvalue weighted by Gasteiger charge is -2.62. The van der Waals surface area contributed by atoms with Gasteiger partial charge in [0, 0.05) is 4.88 Å². The Morgan fingerprint density at radius 2 is 1.70 bits per heavy atom. The van der Waals surface area contributed by atoms with Gasteiger partial charge in [0.15, 0.2) is 17.0 Å². The summed E-state index contributed by atoms with van der Waals surface area (Å²) >= 11 is 1.39. The minimum atomic E-state index is -3.06. The number of nitrogens with one attached hydrogen (secondary N) is 1. The van der Waals surface area contributed by atoms with E-state index in [1.165, 1.54) is 37.6 Å². The molecule has 6 atom stereocenters. The number of carbonyl (C=O) groups excluding carboxylic acids is 3. The molecule has 2 aromatic carbocycles. The molecule has 3 aliphatic carbocycles. The van der Waals surface area contributed by atoms with E-state index in [0.29, 0.717) is 5.00 Å². The Kier molecular flexibility index (Phi) is 7.10.